The molecule has 0 bridgehead atoms. The summed E-state index contributed by atoms with van der Waals surface area (Å²) < 4.78 is 7.20. The molecule has 8 heteroatoms. The summed E-state index contributed by atoms with van der Waals surface area (Å²) in [6, 6.07) is 7.24. The third kappa shape index (κ3) is 2.66. The molecule has 0 saturated carbocycles. The number of ether oxygens (including phenoxy) is 1. The van der Waals surface area contributed by atoms with Gasteiger partial charge in [0.25, 0.3) is 5.91 Å². The number of carbonyl (C=O) groups is 2. The summed E-state index contributed by atoms with van der Waals surface area (Å²) in [5.74, 6) is -0.0231. The summed E-state index contributed by atoms with van der Waals surface area (Å²) in [5.41, 5.74) is 0.897. The van der Waals surface area contributed by atoms with Gasteiger partial charge in [0.1, 0.15) is 0 Å². The van der Waals surface area contributed by atoms with Crippen LogP contribution in [0.3, 0.4) is 0 Å². The number of fused-ring (bicyclic) bond motifs is 1. The number of nitrogens with one attached hydrogen (secondary N) is 1. The Morgan fingerprint density at radius 1 is 1.31 bits per heavy atom. The molecule has 2 aromatic rings. The van der Waals surface area contributed by atoms with Crippen LogP contribution in [0, 0.1) is 11.3 Å². The topological polar surface area (TPSA) is 89.4 Å². The van der Waals surface area contributed by atoms with Crippen LogP contribution < -0.4 is 5.32 Å². The summed E-state index contributed by atoms with van der Waals surface area (Å²) >= 11 is 0. The molecule has 136 valence electrons. The van der Waals surface area contributed by atoms with Gasteiger partial charge in [-0.1, -0.05) is 5.21 Å². The van der Waals surface area contributed by atoms with E-state index in [2.05, 4.69) is 15.6 Å². The van der Waals surface area contributed by atoms with E-state index in [1.54, 1.807) is 41.2 Å². The molecule has 1 aromatic carbocycles. The van der Waals surface area contributed by atoms with Crippen LogP contribution in [0.25, 0.3) is 5.69 Å². The zero-order valence-electron chi connectivity index (χ0n) is 14.6. The van der Waals surface area contributed by atoms with Gasteiger partial charge in [-0.2, -0.15) is 0 Å². The van der Waals surface area contributed by atoms with Crippen molar-refractivity contribution < 1.29 is 14.3 Å². The molecule has 3 heterocycles. The van der Waals surface area contributed by atoms with Gasteiger partial charge in [0, 0.05) is 38.2 Å². The van der Waals surface area contributed by atoms with Gasteiger partial charge in [0.15, 0.2) is 0 Å². The van der Waals surface area contributed by atoms with Crippen molar-refractivity contribution in [2.75, 3.05) is 33.4 Å². The highest BCUT2D eigenvalue weighted by atomic mass is 16.5. The molecule has 1 aromatic heterocycles. The standard InChI is InChI=1S/C18H21N5O3/c1-19-17(25)18-6-9-26-11-14(18)10-22(12-18)16(24)13-2-4-15(5-3-13)23-8-7-20-21-23/h2-5,7-8,14H,6,9-12H2,1H3,(H,19,25)/t14-,18+/m1/s1. The van der Waals surface area contributed by atoms with E-state index in [1.807, 2.05) is 12.1 Å². The van der Waals surface area contributed by atoms with Crippen LogP contribution in [0.2, 0.25) is 0 Å². The Bertz CT molecular complexity index is 805. The number of hydrogen-bond donors (Lipinski definition) is 1. The normalized spacial score (nSPS) is 25.0. The SMILES string of the molecule is CNC(=O)[C@]12CCOC[C@H]1CN(C(=O)c1ccc(-n3ccnn3)cc1)C2. The second-order valence-electron chi connectivity index (χ2n) is 6.84. The third-order valence-corrected chi connectivity index (χ3v) is 5.47. The first kappa shape index (κ1) is 16.7. The maximum atomic E-state index is 13.0. The molecule has 2 atom stereocenters. The summed E-state index contributed by atoms with van der Waals surface area (Å²) in [6.07, 6.45) is 3.99. The fourth-order valence-electron chi connectivity index (χ4n) is 4.01. The molecule has 1 N–H and O–H groups in total. The van der Waals surface area contributed by atoms with Crippen LogP contribution in [0.4, 0.5) is 0 Å². The number of benzene rings is 1. The van der Waals surface area contributed by atoms with Gasteiger partial charge in [-0.15, -0.1) is 5.10 Å². The Morgan fingerprint density at radius 3 is 2.81 bits per heavy atom. The van der Waals surface area contributed by atoms with E-state index in [-0.39, 0.29) is 17.7 Å². The monoisotopic (exact) mass is 355 g/mol. The van der Waals surface area contributed by atoms with Gasteiger partial charge in [-0.3, -0.25) is 9.59 Å². The molecule has 2 amide bonds. The van der Waals surface area contributed by atoms with Crippen molar-refractivity contribution in [1.82, 2.24) is 25.2 Å². The molecule has 2 saturated heterocycles. The van der Waals surface area contributed by atoms with Crippen LogP contribution in [-0.2, 0) is 9.53 Å². The first-order chi connectivity index (χ1) is 12.6. The lowest BCUT2D eigenvalue weighted by Gasteiger charge is -2.36. The van der Waals surface area contributed by atoms with E-state index >= 15 is 0 Å². The van der Waals surface area contributed by atoms with Crippen LogP contribution in [-0.4, -0.2) is 65.1 Å². The molecule has 0 unspecified atom stereocenters. The molecule has 2 aliphatic rings. The highest BCUT2D eigenvalue weighted by Crippen LogP contribution is 2.42. The van der Waals surface area contributed by atoms with Gasteiger partial charge in [0.2, 0.25) is 5.91 Å². The van der Waals surface area contributed by atoms with E-state index in [4.69, 9.17) is 4.74 Å². The average molecular weight is 355 g/mol. The third-order valence-electron chi connectivity index (χ3n) is 5.47. The number of hydrogen-bond acceptors (Lipinski definition) is 5. The molecular weight excluding hydrogens is 334 g/mol. The van der Waals surface area contributed by atoms with Crippen LogP contribution >= 0.6 is 0 Å². The molecule has 4 rings (SSSR count). The van der Waals surface area contributed by atoms with E-state index < -0.39 is 5.41 Å². The van der Waals surface area contributed by atoms with E-state index in [1.165, 1.54) is 0 Å². The minimum absolute atomic E-state index is 0.00244. The number of rotatable bonds is 3. The maximum absolute atomic E-state index is 13.0. The molecule has 2 fully saturated rings. The van der Waals surface area contributed by atoms with Crippen molar-refractivity contribution >= 4 is 11.8 Å². The zero-order chi connectivity index (χ0) is 18.1. The first-order valence-electron chi connectivity index (χ1n) is 8.70. The Labute approximate surface area is 151 Å². The summed E-state index contributed by atoms with van der Waals surface area (Å²) in [6.45, 7) is 2.04. The lowest BCUT2D eigenvalue weighted by Crippen LogP contribution is -2.49. The maximum Gasteiger partial charge on any atom is 0.253 e. The minimum Gasteiger partial charge on any atom is -0.381 e. The number of carbonyl (C=O) groups excluding carboxylic acids is 2. The molecule has 8 nitrogen and oxygen atoms in total. The van der Waals surface area contributed by atoms with Gasteiger partial charge in [0.05, 0.1) is 30.1 Å². The quantitative estimate of drug-likeness (QED) is 0.866. The van der Waals surface area contributed by atoms with Crippen molar-refractivity contribution in [3.8, 4) is 5.69 Å². The van der Waals surface area contributed by atoms with Crippen molar-refractivity contribution in [2.45, 2.75) is 6.42 Å². The Balaban J connectivity index is 1.54. The largest absolute Gasteiger partial charge is 0.381 e. The van der Waals surface area contributed by atoms with Crippen molar-refractivity contribution in [1.29, 1.82) is 0 Å². The number of likely N-dealkylation sites (tertiary alicyclic amines) is 1. The van der Waals surface area contributed by atoms with Gasteiger partial charge in [-0.25, -0.2) is 4.68 Å². The molecular formula is C18H21N5O3. The summed E-state index contributed by atoms with van der Waals surface area (Å²) in [7, 11) is 1.65. The predicted octanol–water partition coefficient (Wildman–Crippen LogP) is 0.492. The van der Waals surface area contributed by atoms with Gasteiger partial charge in [-0.05, 0) is 30.7 Å². The second kappa shape index (κ2) is 6.53. The molecule has 26 heavy (non-hydrogen) atoms. The fourth-order valence-corrected chi connectivity index (χ4v) is 4.01. The number of nitrogens with zero attached hydrogens (tertiary/aromatic N) is 4. The smallest absolute Gasteiger partial charge is 0.253 e. The lowest BCUT2D eigenvalue weighted by atomic mass is 9.73. The Morgan fingerprint density at radius 2 is 2.12 bits per heavy atom. The Hall–Kier alpha value is -2.74. The van der Waals surface area contributed by atoms with Crippen molar-refractivity contribution in [3.05, 3.63) is 42.2 Å². The van der Waals surface area contributed by atoms with Crippen LogP contribution in [0.5, 0.6) is 0 Å². The first-order valence-corrected chi connectivity index (χ1v) is 8.70. The van der Waals surface area contributed by atoms with Crippen molar-refractivity contribution in [3.63, 3.8) is 0 Å². The van der Waals surface area contributed by atoms with E-state index in [9.17, 15) is 9.59 Å². The lowest BCUT2D eigenvalue weighted by molar-refractivity contribution is -0.138. The van der Waals surface area contributed by atoms with Crippen LogP contribution in [0.1, 0.15) is 16.8 Å². The minimum atomic E-state index is -0.538. The highest BCUT2D eigenvalue weighted by Gasteiger charge is 2.54. The highest BCUT2D eigenvalue weighted by molar-refractivity contribution is 5.95. The zero-order valence-corrected chi connectivity index (χ0v) is 14.6. The molecule has 0 radical (unpaired) electrons. The summed E-state index contributed by atoms with van der Waals surface area (Å²) in [4.78, 5) is 27.3. The number of aromatic nitrogens is 3. The fraction of sp³-hybridized carbons (Fsp3) is 0.444. The molecule has 2 aliphatic heterocycles. The molecule has 0 aliphatic carbocycles. The van der Waals surface area contributed by atoms with Gasteiger partial charge < -0.3 is 15.0 Å². The molecule has 0 spiro atoms. The Kier molecular flexibility index (Phi) is 4.20. The second-order valence-corrected chi connectivity index (χ2v) is 6.84. The predicted molar refractivity (Wildman–Crippen MR) is 92.7 cm³/mol. The number of amides is 2. The van der Waals surface area contributed by atoms with E-state index in [0.717, 1.165) is 5.69 Å². The van der Waals surface area contributed by atoms with E-state index in [0.29, 0.717) is 38.3 Å². The van der Waals surface area contributed by atoms with Crippen molar-refractivity contribution in [2.24, 2.45) is 11.3 Å². The van der Waals surface area contributed by atoms with Gasteiger partial charge >= 0.3 is 0 Å². The van der Waals surface area contributed by atoms with Crippen LogP contribution in [0.15, 0.2) is 36.7 Å². The average Bonchev–Trinajstić information content (AvgIpc) is 3.35. The summed E-state index contributed by atoms with van der Waals surface area (Å²) in [5, 5.41) is 10.5.